The van der Waals surface area contributed by atoms with Gasteiger partial charge in [-0.25, -0.2) is 4.68 Å². The molecule has 162 valence electrons. The van der Waals surface area contributed by atoms with E-state index in [-0.39, 0.29) is 5.69 Å². The number of piperidine rings is 1. The van der Waals surface area contributed by atoms with Crippen LogP contribution in [0.4, 0.5) is 24.5 Å². The molecular formula is C23H23F3N4O. The molecule has 2 aromatic carbocycles. The van der Waals surface area contributed by atoms with Crippen molar-refractivity contribution in [3.05, 3.63) is 72.1 Å². The number of carbonyl (C=O) groups excluding carboxylic acids is 1. The lowest BCUT2D eigenvalue weighted by molar-refractivity contribution is -0.143. The number of para-hydroxylation sites is 1. The standard InChI is InChI=1S/C23H23F3N4O/c1-16-11-13-29(14-12-16)18-9-7-17(8-10-18)28-22(31)20-15-27-30(21(20)23(24,25)26)19-5-3-2-4-6-19/h2-10,15-16H,11-14H2,1H3,(H,28,31). The highest BCUT2D eigenvalue weighted by molar-refractivity contribution is 6.05. The summed E-state index contributed by atoms with van der Waals surface area (Å²) in [6.07, 6.45) is -1.53. The van der Waals surface area contributed by atoms with Gasteiger partial charge in [0.2, 0.25) is 0 Å². The summed E-state index contributed by atoms with van der Waals surface area (Å²) >= 11 is 0. The van der Waals surface area contributed by atoms with Crippen molar-refractivity contribution >= 4 is 17.3 Å². The summed E-state index contributed by atoms with van der Waals surface area (Å²) < 4.78 is 42.0. The number of hydrogen-bond acceptors (Lipinski definition) is 3. The van der Waals surface area contributed by atoms with E-state index < -0.39 is 23.3 Å². The summed E-state index contributed by atoms with van der Waals surface area (Å²) in [6.45, 7) is 4.19. The summed E-state index contributed by atoms with van der Waals surface area (Å²) in [7, 11) is 0. The highest BCUT2D eigenvalue weighted by Gasteiger charge is 2.40. The summed E-state index contributed by atoms with van der Waals surface area (Å²) in [6, 6.07) is 15.1. The number of nitrogens with zero attached hydrogens (tertiary/aromatic N) is 3. The Morgan fingerprint density at radius 3 is 2.26 bits per heavy atom. The smallest absolute Gasteiger partial charge is 0.372 e. The van der Waals surface area contributed by atoms with Gasteiger partial charge in [-0.1, -0.05) is 25.1 Å². The van der Waals surface area contributed by atoms with Crippen LogP contribution >= 0.6 is 0 Å². The molecule has 31 heavy (non-hydrogen) atoms. The van der Waals surface area contributed by atoms with E-state index in [4.69, 9.17) is 0 Å². The molecule has 1 aliphatic rings. The average molecular weight is 428 g/mol. The van der Waals surface area contributed by atoms with Gasteiger partial charge in [-0.15, -0.1) is 0 Å². The molecule has 0 aliphatic carbocycles. The maximum absolute atomic E-state index is 13.8. The Morgan fingerprint density at radius 1 is 1.00 bits per heavy atom. The molecule has 0 saturated carbocycles. The van der Waals surface area contributed by atoms with E-state index in [0.29, 0.717) is 5.69 Å². The van der Waals surface area contributed by atoms with Crippen LogP contribution in [-0.2, 0) is 6.18 Å². The maximum Gasteiger partial charge on any atom is 0.434 e. The zero-order valence-corrected chi connectivity index (χ0v) is 17.1. The summed E-state index contributed by atoms with van der Waals surface area (Å²) in [5.41, 5.74) is 0.0762. The molecule has 1 aliphatic heterocycles. The molecule has 0 atom stereocenters. The molecule has 4 rings (SSSR count). The second-order valence-corrected chi connectivity index (χ2v) is 7.82. The van der Waals surface area contributed by atoms with E-state index in [1.165, 1.54) is 12.1 Å². The third kappa shape index (κ3) is 4.57. The van der Waals surface area contributed by atoms with Gasteiger partial charge in [0.15, 0.2) is 5.69 Å². The van der Waals surface area contributed by atoms with E-state index in [1.807, 2.05) is 12.1 Å². The number of benzene rings is 2. The van der Waals surface area contributed by atoms with Crippen molar-refractivity contribution in [1.29, 1.82) is 0 Å². The highest BCUT2D eigenvalue weighted by atomic mass is 19.4. The quantitative estimate of drug-likeness (QED) is 0.607. The van der Waals surface area contributed by atoms with Gasteiger partial charge in [0, 0.05) is 24.5 Å². The van der Waals surface area contributed by atoms with Crippen molar-refractivity contribution in [2.75, 3.05) is 23.3 Å². The van der Waals surface area contributed by atoms with E-state index in [9.17, 15) is 18.0 Å². The molecule has 1 aromatic heterocycles. The second kappa shape index (κ2) is 8.45. The van der Waals surface area contributed by atoms with E-state index in [0.717, 1.165) is 48.4 Å². The molecule has 0 bridgehead atoms. The molecular weight excluding hydrogens is 405 g/mol. The number of halogens is 3. The van der Waals surface area contributed by atoms with Gasteiger partial charge in [0.25, 0.3) is 5.91 Å². The predicted molar refractivity (Wildman–Crippen MR) is 114 cm³/mol. The molecule has 1 amide bonds. The Bertz CT molecular complexity index is 1040. The first-order valence-electron chi connectivity index (χ1n) is 10.2. The van der Waals surface area contributed by atoms with Crippen LogP contribution in [0.25, 0.3) is 5.69 Å². The Labute approximate surface area is 178 Å². The number of carbonyl (C=O) groups is 1. The molecule has 0 unspecified atom stereocenters. The first kappa shape index (κ1) is 21.0. The lowest BCUT2D eigenvalue weighted by atomic mass is 9.99. The molecule has 1 saturated heterocycles. The van der Waals surface area contributed by atoms with Gasteiger partial charge >= 0.3 is 6.18 Å². The molecule has 0 radical (unpaired) electrons. The SMILES string of the molecule is CC1CCN(c2ccc(NC(=O)c3cnn(-c4ccccc4)c3C(F)(F)F)cc2)CC1. The molecule has 5 nitrogen and oxygen atoms in total. The van der Waals surface area contributed by atoms with E-state index in [1.54, 1.807) is 30.3 Å². The minimum Gasteiger partial charge on any atom is -0.372 e. The molecule has 2 heterocycles. The largest absolute Gasteiger partial charge is 0.434 e. The highest BCUT2D eigenvalue weighted by Crippen LogP contribution is 2.34. The Balaban J connectivity index is 1.54. The van der Waals surface area contributed by atoms with Crippen LogP contribution in [0.1, 0.15) is 35.8 Å². The van der Waals surface area contributed by atoms with Gasteiger partial charge in [-0.2, -0.15) is 18.3 Å². The monoisotopic (exact) mass is 428 g/mol. The predicted octanol–water partition coefficient (Wildman–Crippen LogP) is 5.38. The van der Waals surface area contributed by atoms with Crippen LogP contribution in [0.5, 0.6) is 0 Å². The Hall–Kier alpha value is -3.29. The average Bonchev–Trinajstić information content (AvgIpc) is 3.22. The Morgan fingerprint density at radius 2 is 1.65 bits per heavy atom. The minimum absolute atomic E-state index is 0.231. The summed E-state index contributed by atoms with van der Waals surface area (Å²) in [5.74, 6) is -0.136. The number of hydrogen-bond donors (Lipinski definition) is 1. The summed E-state index contributed by atoms with van der Waals surface area (Å²) in [5, 5.41) is 6.39. The molecule has 0 spiro atoms. The summed E-state index contributed by atoms with van der Waals surface area (Å²) in [4.78, 5) is 14.9. The molecule has 1 fully saturated rings. The van der Waals surface area contributed by atoms with Crippen molar-refractivity contribution in [3.8, 4) is 5.69 Å². The Kier molecular flexibility index (Phi) is 5.71. The van der Waals surface area contributed by atoms with Crippen LogP contribution in [0.3, 0.4) is 0 Å². The maximum atomic E-state index is 13.8. The van der Waals surface area contributed by atoms with E-state index in [2.05, 4.69) is 22.2 Å². The zero-order valence-electron chi connectivity index (χ0n) is 17.1. The van der Waals surface area contributed by atoms with Crippen LogP contribution in [-0.4, -0.2) is 28.8 Å². The first-order valence-corrected chi connectivity index (χ1v) is 10.2. The van der Waals surface area contributed by atoms with Gasteiger partial charge in [-0.3, -0.25) is 4.79 Å². The minimum atomic E-state index is -4.74. The van der Waals surface area contributed by atoms with Crippen molar-refractivity contribution in [2.24, 2.45) is 5.92 Å². The first-order chi connectivity index (χ1) is 14.8. The van der Waals surface area contributed by atoms with Crippen LogP contribution < -0.4 is 10.2 Å². The number of rotatable bonds is 4. The number of amides is 1. The molecule has 1 N–H and O–H groups in total. The fourth-order valence-electron chi connectivity index (χ4n) is 3.77. The topological polar surface area (TPSA) is 50.2 Å². The third-order valence-electron chi connectivity index (χ3n) is 5.56. The van der Waals surface area contributed by atoms with Gasteiger partial charge in [-0.05, 0) is 55.2 Å². The number of nitrogens with one attached hydrogen (secondary N) is 1. The molecule has 3 aromatic rings. The van der Waals surface area contributed by atoms with Gasteiger partial charge < -0.3 is 10.2 Å². The normalized spacial score (nSPS) is 15.2. The van der Waals surface area contributed by atoms with Crippen molar-refractivity contribution < 1.29 is 18.0 Å². The second-order valence-electron chi connectivity index (χ2n) is 7.82. The van der Waals surface area contributed by atoms with Crippen LogP contribution in [0.15, 0.2) is 60.8 Å². The van der Waals surface area contributed by atoms with Crippen molar-refractivity contribution in [3.63, 3.8) is 0 Å². The van der Waals surface area contributed by atoms with Crippen LogP contribution in [0.2, 0.25) is 0 Å². The zero-order chi connectivity index (χ0) is 22.0. The van der Waals surface area contributed by atoms with Crippen molar-refractivity contribution in [2.45, 2.75) is 25.9 Å². The van der Waals surface area contributed by atoms with Gasteiger partial charge in [0.1, 0.15) is 0 Å². The fraction of sp³-hybridized carbons (Fsp3) is 0.304. The van der Waals surface area contributed by atoms with Crippen LogP contribution in [0, 0.1) is 5.92 Å². The number of aromatic nitrogens is 2. The molecule has 8 heteroatoms. The van der Waals surface area contributed by atoms with E-state index >= 15 is 0 Å². The number of alkyl halides is 3. The third-order valence-corrected chi connectivity index (χ3v) is 5.56. The van der Waals surface area contributed by atoms with Gasteiger partial charge in [0.05, 0.1) is 17.4 Å². The lowest BCUT2D eigenvalue weighted by Crippen LogP contribution is -2.32. The number of anilines is 2. The fourth-order valence-corrected chi connectivity index (χ4v) is 3.77. The van der Waals surface area contributed by atoms with Crippen molar-refractivity contribution in [1.82, 2.24) is 9.78 Å². The lowest BCUT2D eigenvalue weighted by Gasteiger charge is -2.32.